The molecule has 2 rings (SSSR count). The van der Waals surface area contributed by atoms with Crippen molar-refractivity contribution in [1.29, 1.82) is 0 Å². The Morgan fingerprint density at radius 1 is 1.37 bits per heavy atom. The number of aryl methyl sites for hydroxylation is 1. The van der Waals surface area contributed by atoms with E-state index >= 15 is 0 Å². The molecule has 1 aliphatic carbocycles. The Hall–Kier alpha value is -0.930. The average molecular weight is 264 g/mol. The first-order chi connectivity index (χ1) is 9.02. The third-order valence-corrected chi connectivity index (χ3v) is 3.96. The molecule has 1 unspecified atom stereocenters. The van der Waals surface area contributed by atoms with Crippen LogP contribution in [0, 0.1) is 18.7 Å². The van der Waals surface area contributed by atoms with Crippen LogP contribution in [0.4, 0.5) is 4.39 Å². The minimum absolute atomic E-state index is 0.0134. The number of hydrogen-bond acceptors (Lipinski definition) is 2. The lowest BCUT2D eigenvalue weighted by Gasteiger charge is -2.35. The minimum atomic E-state index is -0.137. The number of rotatable bonds is 6. The van der Waals surface area contributed by atoms with Gasteiger partial charge in [-0.1, -0.05) is 17.7 Å². The van der Waals surface area contributed by atoms with Gasteiger partial charge in [-0.3, -0.25) is 4.90 Å². The summed E-state index contributed by atoms with van der Waals surface area (Å²) in [5.74, 6) is 0.645. The van der Waals surface area contributed by atoms with Crippen LogP contribution in [-0.4, -0.2) is 24.0 Å². The first-order valence-electron chi connectivity index (χ1n) is 7.24. The van der Waals surface area contributed by atoms with Gasteiger partial charge in [0.25, 0.3) is 0 Å². The Morgan fingerprint density at radius 2 is 2.05 bits per heavy atom. The predicted octanol–water partition coefficient (Wildman–Crippen LogP) is 3.25. The van der Waals surface area contributed by atoms with Gasteiger partial charge in [-0.15, -0.1) is 0 Å². The standard InChI is InChI=1S/C16H25FN2/c1-11(2)19(10-13-5-6-13)16(9-18)14-8-12(3)4-7-15(14)17/h4,7-8,11,13,16H,5-6,9-10,18H2,1-3H3. The summed E-state index contributed by atoms with van der Waals surface area (Å²) in [5, 5.41) is 0. The zero-order chi connectivity index (χ0) is 14.0. The highest BCUT2D eigenvalue weighted by Gasteiger charge is 2.30. The summed E-state index contributed by atoms with van der Waals surface area (Å²) in [7, 11) is 0. The molecule has 3 heteroatoms. The molecule has 2 nitrogen and oxygen atoms in total. The van der Waals surface area contributed by atoms with Gasteiger partial charge in [-0.25, -0.2) is 4.39 Å². The lowest BCUT2D eigenvalue weighted by atomic mass is 10.0. The van der Waals surface area contributed by atoms with Gasteiger partial charge in [0.2, 0.25) is 0 Å². The molecule has 1 atom stereocenters. The quantitative estimate of drug-likeness (QED) is 0.854. The van der Waals surface area contributed by atoms with Crippen molar-refractivity contribution in [2.45, 2.75) is 45.7 Å². The van der Waals surface area contributed by atoms with Crippen LogP contribution < -0.4 is 5.73 Å². The second kappa shape index (κ2) is 6.02. The van der Waals surface area contributed by atoms with E-state index in [0.717, 1.165) is 23.6 Å². The summed E-state index contributed by atoms with van der Waals surface area (Å²) in [6.45, 7) is 7.83. The lowest BCUT2D eigenvalue weighted by Crippen LogP contribution is -2.40. The van der Waals surface area contributed by atoms with Crippen LogP contribution in [0.5, 0.6) is 0 Å². The average Bonchev–Trinajstić information content (AvgIpc) is 3.17. The molecule has 0 aliphatic heterocycles. The van der Waals surface area contributed by atoms with Crippen LogP contribution in [0.3, 0.4) is 0 Å². The maximum absolute atomic E-state index is 14.1. The second-order valence-corrected chi connectivity index (χ2v) is 6.01. The minimum Gasteiger partial charge on any atom is -0.329 e. The van der Waals surface area contributed by atoms with E-state index in [0.29, 0.717) is 12.6 Å². The topological polar surface area (TPSA) is 29.3 Å². The van der Waals surface area contributed by atoms with Crippen molar-refractivity contribution >= 4 is 0 Å². The van der Waals surface area contributed by atoms with Crippen molar-refractivity contribution in [3.63, 3.8) is 0 Å². The Bertz CT molecular complexity index is 427. The van der Waals surface area contributed by atoms with Crippen LogP contribution in [0.25, 0.3) is 0 Å². The highest BCUT2D eigenvalue weighted by atomic mass is 19.1. The van der Waals surface area contributed by atoms with Gasteiger partial charge in [-0.2, -0.15) is 0 Å². The Kier molecular flexibility index (Phi) is 4.58. The summed E-state index contributed by atoms with van der Waals surface area (Å²) in [6.07, 6.45) is 2.60. The zero-order valence-corrected chi connectivity index (χ0v) is 12.2. The molecule has 0 amide bonds. The van der Waals surface area contributed by atoms with Crippen LogP contribution in [0.15, 0.2) is 18.2 Å². The molecule has 0 bridgehead atoms. The highest BCUT2D eigenvalue weighted by molar-refractivity contribution is 5.27. The molecule has 0 heterocycles. The van der Waals surface area contributed by atoms with E-state index in [1.54, 1.807) is 6.07 Å². The number of benzene rings is 1. The van der Waals surface area contributed by atoms with Crippen molar-refractivity contribution in [2.24, 2.45) is 11.7 Å². The first kappa shape index (κ1) is 14.5. The highest BCUT2D eigenvalue weighted by Crippen LogP contribution is 2.34. The van der Waals surface area contributed by atoms with Gasteiger partial charge in [0.15, 0.2) is 0 Å². The van der Waals surface area contributed by atoms with Crippen LogP contribution in [-0.2, 0) is 0 Å². The number of halogens is 1. The van der Waals surface area contributed by atoms with Crippen LogP contribution >= 0.6 is 0 Å². The summed E-state index contributed by atoms with van der Waals surface area (Å²) in [4.78, 5) is 2.36. The SMILES string of the molecule is Cc1ccc(F)c(C(CN)N(CC2CC2)C(C)C)c1. The molecule has 106 valence electrons. The van der Waals surface area contributed by atoms with E-state index in [2.05, 4.69) is 18.7 Å². The van der Waals surface area contributed by atoms with E-state index in [1.807, 2.05) is 19.1 Å². The maximum Gasteiger partial charge on any atom is 0.128 e. The fourth-order valence-corrected chi connectivity index (χ4v) is 2.66. The maximum atomic E-state index is 14.1. The smallest absolute Gasteiger partial charge is 0.128 e. The van der Waals surface area contributed by atoms with E-state index in [9.17, 15) is 4.39 Å². The van der Waals surface area contributed by atoms with Gasteiger partial charge in [0.05, 0.1) is 6.04 Å². The zero-order valence-electron chi connectivity index (χ0n) is 12.2. The molecule has 1 aromatic rings. The van der Waals surface area contributed by atoms with Gasteiger partial charge in [0, 0.05) is 24.7 Å². The molecule has 0 aromatic heterocycles. The van der Waals surface area contributed by atoms with E-state index < -0.39 is 0 Å². The Morgan fingerprint density at radius 3 is 2.58 bits per heavy atom. The summed E-state index contributed by atoms with van der Waals surface area (Å²) < 4.78 is 14.1. The molecule has 1 saturated carbocycles. The molecule has 0 saturated heterocycles. The van der Waals surface area contributed by atoms with Gasteiger partial charge < -0.3 is 5.73 Å². The summed E-state index contributed by atoms with van der Waals surface area (Å²) in [5.41, 5.74) is 7.79. The molecule has 1 aliphatic rings. The monoisotopic (exact) mass is 264 g/mol. The fourth-order valence-electron chi connectivity index (χ4n) is 2.66. The van der Waals surface area contributed by atoms with Crippen molar-refractivity contribution in [3.8, 4) is 0 Å². The van der Waals surface area contributed by atoms with Gasteiger partial charge in [0.1, 0.15) is 5.82 Å². The third-order valence-electron chi connectivity index (χ3n) is 3.96. The molecule has 19 heavy (non-hydrogen) atoms. The van der Waals surface area contributed by atoms with Crippen molar-refractivity contribution < 1.29 is 4.39 Å². The molecular weight excluding hydrogens is 239 g/mol. The van der Waals surface area contributed by atoms with Crippen LogP contribution in [0.1, 0.15) is 43.9 Å². The Labute approximate surface area is 115 Å². The largest absolute Gasteiger partial charge is 0.329 e. The summed E-state index contributed by atoms with van der Waals surface area (Å²) in [6, 6.07) is 5.68. The first-order valence-corrected chi connectivity index (χ1v) is 7.24. The van der Waals surface area contributed by atoms with E-state index in [4.69, 9.17) is 5.73 Å². The third kappa shape index (κ3) is 3.54. The molecule has 1 aromatic carbocycles. The predicted molar refractivity (Wildman–Crippen MR) is 77.5 cm³/mol. The van der Waals surface area contributed by atoms with Gasteiger partial charge >= 0.3 is 0 Å². The molecule has 1 fully saturated rings. The number of nitrogens with two attached hydrogens (primary N) is 1. The van der Waals surface area contributed by atoms with Crippen LogP contribution in [0.2, 0.25) is 0 Å². The van der Waals surface area contributed by atoms with Crippen molar-refractivity contribution in [1.82, 2.24) is 4.90 Å². The molecule has 2 N–H and O–H groups in total. The number of hydrogen-bond donors (Lipinski definition) is 1. The van der Waals surface area contributed by atoms with E-state index in [1.165, 1.54) is 12.8 Å². The molecule has 0 spiro atoms. The Balaban J connectivity index is 2.26. The number of nitrogens with zero attached hydrogens (tertiary/aromatic N) is 1. The normalized spacial score (nSPS) is 17.2. The summed E-state index contributed by atoms with van der Waals surface area (Å²) >= 11 is 0. The van der Waals surface area contributed by atoms with E-state index in [-0.39, 0.29) is 11.9 Å². The molecule has 0 radical (unpaired) electrons. The molecular formula is C16H25FN2. The second-order valence-electron chi connectivity index (χ2n) is 6.01. The fraction of sp³-hybridized carbons (Fsp3) is 0.625. The van der Waals surface area contributed by atoms with Crippen molar-refractivity contribution in [3.05, 3.63) is 35.1 Å². The lowest BCUT2D eigenvalue weighted by molar-refractivity contribution is 0.147. The van der Waals surface area contributed by atoms with Gasteiger partial charge in [-0.05, 0) is 45.6 Å². The van der Waals surface area contributed by atoms with Crippen molar-refractivity contribution in [2.75, 3.05) is 13.1 Å².